The van der Waals surface area contributed by atoms with Crippen LogP contribution in [0.2, 0.25) is 0 Å². The molecule has 0 saturated carbocycles. The number of aromatic amines is 1. The summed E-state index contributed by atoms with van der Waals surface area (Å²) in [6.45, 7) is 2.83. The fourth-order valence-corrected chi connectivity index (χ4v) is 5.44. The summed E-state index contributed by atoms with van der Waals surface area (Å²) in [5.41, 5.74) is 3.93. The van der Waals surface area contributed by atoms with E-state index in [-0.39, 0.29) is 29.6 Å². The van der Waals surface area contributed by atoms with E-state index in [4.69, 9.17) is 0 Å². The molecule has 2 aliphatic rings. The number of nitrogens with one attached hydrogen (secondary N) is 2. The fraction of sp³-hybridized carbons (Fsp3) is 0.286. The number of H-pyrrole nitrogens is 1. The molecule has 9 nitrogen and oxygen atoms in total. The summed E-state index contributed by atoms with van der Waals surface area (Å²) in [7, 11) is 1.69. The lowest BCUT2D eigenvalue weighted by atomic mass is 10.0. The van der Waals surface area contributed by atoms with Crippen molar-refractivity contribution in [2.45, 2.75) is 18.5 Å². The molecule has 2 amide bonds. The highest BCUT2D eigenvalue weighted by atomic mass is 16.2. The van der Waals surface area contributed by atoms with Gasteiger partial charge in [0.2, 0.25) is 0 Å². The number of aryl methyl sites for hydroxylation is 1. The van der Waals surface area contributed by atoms with Gasteiger partial charge < -0.3 is 10.2 Å². The summed E-state index contributed by atoms with van der Waals surface area (Å²) in [5.74, 6) is -0.103. The minimum absolute atomic E-state index is 0.0571. The molecule has 2 aromatic carbocycles. The molecule has 37 heavy (non-hydrogen) atoms. The molecule has 6 rings (SSSR count). The topological polar surface area (TPSA) is 103 Å². The van der Waals surface area contributed by atoms with Crippen molar-refractivity contribution < 1.29 is 9.59 Å². The van der Waals surface area contributed by atoms with Gasteiger partial charge in [0.15, 0.2) is 5.65 Å². The molecule has 2 bridgehead atoms. The van der Waals surface area contributed by atoms with Gasteiger partial charge in [0.05, 0.1) is 5.52 Å². The van der Waals surface area contributed by atoms with E-state index < -0.39 is 0 Å². The summed E-state index contributed by atoms with van der Waals surface area (Å²) in [6.07, 6.45) is 2.65. The second-order valence-electron chi connectivity index (χ2n) is 9.79. The molecular formula is C28H28N6O3. The summed E-state index contributed by atoms with van der Waals surface area (Å²) in [4.78, 5) is 49.6. The highest BCUT2D eigenvalue weighted by molar-refractivity contribution is 5.96. The highest BCUT2D eigenvalue weighted by Gasteiger charge is 2.40. The first-order chi connectivity index (χ1) is 18.0. The second-order valence-corrected chi connectivity index (χ2v) is 9.79. The second kappa shape index (κ2) is 9.33. The molecule has 2 aliphatic heterocycles. The maximum atomic E-state index is 13.2. The minimum Gasteiger partial charge on any atom is -0.350 e. The molecule has 0 aliphatic carbocycles. The Morgan fingerprint density at radius 1 is 1.03 bits per heavy atom. The van der Waals surface area contributed by atoms with Crippen LogP contribution in [0, 0.1) is 0 Å². The van der Waals surface area contributed by atoms with Crippen LogP contribution in [0.3, 0.4) is 0 Å². The van der Waals surface area contributed by atoms with Crippen LogP contribution in [0.4, 0.5) is 0 Å². The molecule has 2 fully saturated rings. The van der Waals surface area contributed by atoms with E-state index in [2.05, 4.69) is 20.2 Å². The third-order valence-corrected chi connectivity index (χ3v) is 7.56. The van der Waals surface area contributed by atoms with Gasteiger partial charge in [-0.2, -0.15) is 0 Å². The number of amides is 2. The molecule has 2 aromatic heterocycles. The van der Waals surface area contributed by atoms with Gasteiger partial charge in [-0.05, 0) is 42.3 Å². The van der Waals surface area contributed by atoms with E-state index in [0.29, 0.717) is 35.4 Å². The number of carbonyl (C=O) groups excluding carboxylic acids is 2. The fourth-order valence-electron chi connectivity index (χ4n) is 5.44. The Morgan fingerprint density at radius 2 is 1.84 bits per heavy atom. The molecular weight excluding hydrogens is 468 g/mol. The van der Waals surface area contributed by atoms with Crippen LogP contribution in [0.25, 0.3) is 22.3 Å². The third kappa shape index (κ3) is 4.31. The Kier molecular flexibility index (Phi) is 5.84. The molecule has 188 valence electrons. The molecule has 2 N–H and O–H groups in total. The molecule has 0 radical (unpaired) electrons. The van der Waals surface area contributed by atoms with Crippen molar-refractivity contribution in [3.63, 3.8) is 0 Å². The van der Waals surface area contributed by atoms with Crippen LogP contribution in [-0.4, -0.2) is 74.4 Å². The quantitative estimate of drug-likeness (QED) is 0.441. The van der Waals surface area contributed by atoms with Crippen LogP contribution in [0.1, 0.15) is 27.1 Å². The zero-order valence-electron chi connectivity index (χ0n) is 20.6. The standard InChI is InChI=1S/C28H28N6O3/c1-32-24-13-21(14-29-25(24)31-28(32)37)19-8-5-9-20(12-19)26(35)30-15-23-17-34(22-10-11-33(23)16-22)27(36)18-6-3-2-4-7-18/h2-9,12-14,22-23H,10-11,15-17H2,1H3,(H,30,35)(H,29,31,37). The summed E-state index contributed by atoms with van der Waals surface area (Å²) in [5, 5.41) is 3.09. The van der Waals surface area contributed by atoms with Crippen molar-refractivity contribution in [2.24, 2.45) is 7.05 Å². The number of rotatable bonds is 5. The average Bonchev–Trinajstić information content (AvgIpc) is 3.48. The first-order valence-electron chi connectivity index (χ1n) is 12.5. The Labute approximate surface area is 213 Å². The van der Waals surface area contributed by atoms with Crippen LogP contribution < -0.4 is 11.0 Å². The van der Waals surface area contributed by atoms with Gasteiger partial charge >= 0.3 is 5.69 Å². The first kappa shape index (κ1) is 23.2. The summed E-state index contributed by atoms with van der Waals surface area (Å²) in [6, 6.07) is 19.0. The number of hydrogen-bond acceptors (Lipinski definition) is 5. The monoisotopic (exact) mass is 496 g/mol. The zero-order valence-corrected chi connectivity index (χ0v) is 20.6. The van der Waals surface area contributed by atoms with Crippen LogP contribution in [0.15, 0.2) is 71.7 Å². The van der Waals surface area contributed by atoms with Gasteiger partial charge in [0, 0.05) is 68.2 Å². The van der Waals surface area contributed by atoms with Gasteiger partial charge in [0.25, 0.3) is 11.8 Å². The van der Waals surface area contributed by atoms with Gasteiger partial charge in [0.1, 0.15) is 0 Å². The number of carbonyl (C=O) groups is 2. The molecule has 2 saturated heterocycles. The van der Waals surface area contributed by atoms with E-state index in [1.165, 1.54) is 4.57 Å². The molecule has 3 atom stereocenters. The van der Waals surface area contributed by atoms with E-state index in [9.17, 15) is 14.4 Å². The lowest BCUT2D eigenvalue weighted by molar-refractivity contribution is 0.0493. The first-order valence-corrected chi connectivity index (χ1v) is 12.5. The highest BCUT2D eigenvalue weighted by Crippen LogP contribution is 2.27. The van der Waals surface area contributed by atoms with E-state index in [0.717, 1.165) is 30.6 Å². The van der Waals surface area contributed by atoms with E-state index in [1.54, 1.807) is 19.3 Å². The summed E-state index contributed by atoms with van der Waals surface area (Å²) < 4.78 is 1.52. The Hall–Kier alpha value is -4.24. The Bertz CT molecular complexity index is 1540. The number of pyridine rings is 1. The van der Waals surface area contributed by atoms with Crippen LogP contribution in [-0.2, 0) is 7.05 Å². The molecule has 3 unspecified atom stereocenters. The van der Waals surface area contributed by atoms with Crippen molar-refractivity contribution >= 4 is 23.0 Å². The number of aromatic nitrogens is 3. The molecule has 0 spiro atoms. The predicted octanol–water partition coefficient (Wildman–Crippen LogP) is 2.26. The number of benzene rings is 2. The average molecular weight is 497 g/mol. The zero-order chi connectivity index (χ0) is 25.5. The van der Waals surface area contributed by atoms with Crippen LogP contribution in [0.5, 0.6) is 0 Å². The van der Waals surface area contributed by atoms with Gasteiger partial charge in [-0.1, -0.05) is 30.3 Å². The minimum atomic E-state index is -0.219. The number of nitrogens with zero attached hydrogens (tertiary/aromatic N) is 4. The Morgan fingerprint density at radius 3 is 2.68 bits per heavy atom. The molecule has 4 heterocycles. The smallest absolute Gasteiger partial charge is 0.327 e. The Balaban J connectivity index is 1.16. The maximum absolute atomic E-state index is 13.2. The van der Waals surface area contributed by atoms with Gasteiger partial charge in [-0.3, -0.25) is 24.0 Å². The van der Waals surface area contributed by atoms with E-state index in [1.807, 2.05) is 59.5 Å². The predicted molar refractivity (Wildman–Crippen MR) is 140 cm³/mol. The van der Waals surface area contributed by atoms with Crippen molar-refractivity contribution in [3.05, 3.63) is 88.5 Å². The van der Waals surface area contributed by atoms with E-state index >= 15 is 0 Å². The number of imidazole rings is 1. The lowest BCUT2D eigenvalue weighted by Gasteiger charge is -2.40. The largest absolute Gasteiger partial charge is 0.350 e. The molecule has 4 aromatic rings. The van der Waals surface area contributed by atoms with Crippen molar-refractivity contribution in [3.8, 4) is 11.1 Å². The number of hydrogen-bond donors (Lipinski definition) is 2. The lowest BCUT2D eigenvalue weighted by Crippen LogP contribution is -2.57. The van der Waals surface area contributed by atoms with Gasteiger partial charge in [-0.15, -0.1) is 0 Å². The van der Waals surface area contributed by atoms with Crippen molar-refractivity contribution in [1.82, 2.24) is 29.7 Å². The summed E-state index contributed by atoms with van der Waals surface area (Å²) >= 11 is 0. The molecule has 9 heteroatoms. The number of piperazine rings is 1. The normalized spacial score (nSPS) is 20.8. The van der Waals surface area contributed by atoms with Crippen molar-refractivity contribution in [1.29, 1.82) is 0 Å². The van der Waals surface area contributed by atoms with Crippen LogP contribution >= 0.6 is 0 Å². The SMILES string of the molecule is Cn1c(=O)[nH]c2ncc(-c3cccc(C(=O)NCC4CN(C(=O)c5ccccc5)C5CCN4C5)c3)cc21. The number of fused-ring (bicyclic) bond motifs is 3. The maximum Gasteiger partial charge on any atom is 0.327 e. The van der Waals surface area contributed by atoms with Gasteiger partial charge in [-0.25, -0.2) is 9.78 Å². The third-order valence-electron chi connectivity index (χ3n) is 7.56. The van der Waals surface area contributed by atoms with Crippen molar-refractivity contribution in [2.75, 3.05) is 26.2 Å².